The molecule has 9 nitrogen and oxygen atoms in total. The van der Waals surface area contributed by atoms with Crippen LogP contribution in [0, 0.1) is 0 Å². The van der Waals surface area contributed by atoms with E-state index in [1.54, 1.807) is 11.1 Å². The van der Waals surface area contributed by atoms with Crippen molar-refractivity contribution in [1.29, 1.82) is 0 Å². The van der Waals surface area contributed by atoms with Crippen LogP contribution >= 0.6 is 0 Å². The topological polar surface area (TPSA) is 97.7 Å². The minimum Gasteiger partial charge on any atom is -0.393 e. The molecule has 33 heavy (non-hydrogen) atoms. The Morgan fingerprint density at radius 1 is 1.06 bits per heavy atom. The van der Waals surface area contributed by atoms with Crippen molar-refractivity contribution in [1.82, 2.24) is 15.0 Å². The second-order valence-electron chi connectivity index (χ2n) is 8.27. The number of benzene rings is 1. The van der Waals surface area contributed by atoms with E-state index in [-0.39, 0.29) is 12.0 Å². The second kappa shape index (κ2) is 8.67. The molecular weight excluding hydrogens is 418 g/mol. The summed E-state index contributed by atoms with van der Waals surface area (Å²) in [5, 5.41) is 12.9. The summed E-state index contributed by atoms with van der Waals surface area (Å²) < 4.78 is 0. The third kappa shape index (κ3) is 3.95. The lowest BCUT2D eigenvalue weighted by atomic mass is 10.1. The van der Waals surface area contributed by atoms with E-state index in [0.29, 0.717) is 29.7 Å². The fraction of sp³-hybridized carbons (Fsp3) is 0.333. The number of carbonyl (C=O) groups is 1. The Labute approximate surface area is 192 Å². The summed E-state index contributed by atoms with van der Waals surface area (Å²) >= 11 is 0. The largest absolute Gasteiger partial charge is 0.393 e. The van der Waals surface area contributed by atoms with Gasteiger partial charge < -0.3 is 20.2 Å². The van der Waals surface area contributed by atoms with Crippen molar-refractivity contribution in [3.8, 4) is 0 Å². The molecule has 4 heterocycles. The molecule has 2 aromatic heterocycles. The molecule has 0 aliphatic carbocycles. The van der Waals surface area contributed by atoms with E-state index in [0.717, 1.165) is 43.0 Å². The zero-order valence-electron chi connectivity index (χ0n) is 18.8. The molecule has 5 rings (SSSR count). The Bertz CT molecular complexity index is 1160. The van der Waals surface area contributed by atoms with Crippen molar-refractivity contribution < 1.29 is 9.90 Å². The van der Waals surface area contributed by atoms with Crippen molar-refractivity contribution in [3.05, 3.63) is 54.4 Å². The summed E-state index contributed by atoms with van der Waals surface area (Å²) in [7, 11) is 1.92. The summed E-state index contributed by atoms with van der Waals surface area (Å²) in [6.45, 7) is 4.06. The highest BCUT2D eigenvalue weighted by Gasteiger charge is 2.30. The fourth-order valence-electron chi connectivity index (χ4n) is 4.36. The van der Waals surface area contributed by atoms with Crippen molar-refractivity contribution in [2.75, 3.05) is 46.7 Å². The molecule has 0 saturated carbocycles. The molecule has 9 heteroatoms. The van der Waals surface area contributed by atoms with Crippen molar-refractivity contribution in [2.24, 2.45) is 0 Å². The predicted octanol–water partition coefficient (Wildman–Crippen LogP) is 3.32. The van der Waals surface area contributed by atoms with E-state index in [1.807, 2.05) is 61.5 Å². The van der Waals surface area contributed by atoms with Crippen LogP contribution in [0.1, 0.15) is 30.1 Å². The van der Waals surface area contributed by atoms with Crippen LogP contribution in [0.4, 0.5) is 34.6 Å². The number of aromatic nitrogens is 3. The molecule has 2 aliphatic rings. The zero-order chi connectivity index (χ0) is 22.9. The van der Waals surface area contributed by atoms with Crippen LogP contribution in [0.5, 0.6) is 0 Å². The average Bonchev–Trinajstić information content (AvgIpc) is 2.93. The number of fused-ring (bicyclic) bond motifs is 2. The van der Waals surface area contributed by atoms with E-state index in [1.165, 1.54) is 0 Å². The molecule has 0 atom stereocenters. The first-order chi connectivity index (χ1) is 16.0. The second-order valence-corrected chi connectivity index (χ2v) is 8.27. The van der Waals surface area contributed by atoms with Gasteiger partial charge in [0.15, 0.2) is 5.82 Å². The van der Waals surface area contributed by atoms with Gasteiger partial charge in [-0.3, -0.25) is 9.69 Å². The summed E-state index contributed by atoms with van der Waals surface area (Å²) in [4.78, 5) is 32.8. The Balaban J connectivity index is 1.40. The van der Waals surface area contributed by atoms with Gasteiger partial charge >= 0.3 is 0 Å². The molecule has 0 spiro atoms. The van der Waals surface area contributed by atoms with Crippen LogP contribution in [0.2, 0.25) is 0 Å². The van der Waals surface area contributed by atoms with Gasteiger partial charge in [-0.25, -0.2) is 9.97 Å². The predicted molar refractivity (Wildman–Crippen MR) is 129 cm³/mol. The van der Waals surface area contributed by atoms with E-state index >= 15 is 0 Å². The first-order valence-corrected chi connectivity index (χ1v) is 11.2. The number of piperidine rings is 1. The van der Waals surface area contributed by atoms with Gasteiger partial charge in [0.1, 0.15) is 11.5 Å². The number of carbonyl (C=O) groups excluding carboxylic acids is 1. The normalized spacial score (nSPS) is 16.3. The Hall–Kier alpha value is -3.72. The van der Waals surface area contributed by atoms with Gasteiger partial charge in [-0.2, -0.15) is 4.98 Å². The van der Waals surface area contributed by atoms with E-state index in [4.69, 9.17) is 0 Å². The van der Waals surface area contributed by atoms with Crippen LogP contribution in [0.15, 0.2) is 48.8 Å². The number of aliphatic hydroxyl groups excluding tert-OH is 1. The maximum Gasteiger partial charge on any atom is 0.261 e. The molecule has 1 saturated heterocycles. The number of nitrogens with one attached hydrogen (secondary N) is 1. The molecule has 0 bridgehead atoms. The van der Waals surface area contributed by atoms with Crippen LogP contribution in [-0.4, -0.2) is 58.8 Å². The van der Waals surface area contributed by atoms with Gasteiger partial charge in [-0.05, 0) is 44.0 Å². The van der Waals surface area contributed by atoms with E-state index in [9.17, 15) is 9.90 Å². The maximum absolute atomic E-state index is 13.2. The average molecular weight is 446 g/mol. The lowest BCUT2D eigenvalue weighted by Gasteiger charge is -2.31. The van der Waals surface area contributed by atoms with Crippen LogP contribution in [-0.2, 0) is 0 Å². The number of amides is 1. The Morgan fingerprint density at radius 3 is 2.58 bits per heavy atom. The molecule has 1 amide bonds. The number of hydrogen-bond acceptors (Lipinski definition) is 8. The third-order valence-electron chi connectivity index (χ3n) is 6.24. The number of hydrogen-bond donors (Lipinski definition) is 2. The van der Waals surface area contributed by atoms with E-state index < -0.39 is 0 Å². The van der Waals surface area contributed by atoms with Gasteiger partial charge in [-0.15, -0.1) is 0 Å². The lowest BCUT2D eigenvalue weighted by molar-refractivity contribution is 0.0989. The third-order valence-corrected chi connectivity index (χ3v) is 6.24. The minimum absolute atomic E-state index is 0.0857. The quantitative estimate of drug-likeness (QED) is 0.631. The SMILES string of the molecule is CCN1C(=O)c2ccccc2N(C)c2cnc(Nc3ccc(N4CCC(O)CC4)cn3)nc21. The lowest BCUT2D eigenvalue weighted by Crippen LogP contribution is -2.35. The first-order valence-electron chi connectivity index (χ1n) is 11.2. The fourth-order valence-corrected chi connectivity index (χ4v) is 4.36. The molecule has 0 unspecified atom stereocenters. The summed E-state index contributed by atoms with van der Waals surface area (Å²) in [6.07, 6.45) is 4.88. The number of rotatable bonds is 4. The van der Waals surface area contributed by atoms with Crippen molar-refractivity contribution in [3.63, 3.8) is 0 Å². The van der Waals surface area contributed by atoms with Crippen molar-refractivity contribution >= 4 is 40.6 Å². The highest BCUT2D eigenvalue weighted by molar-refractivity contribution is 6.13. The van der Waals surface area contributed by atoms with Crippen molar-refractivity contribution in [2.45, 2.75) is 25.9 Å². The monoisotopic (exact) mass is 445 g/mol. The number of para-hydroxylation sites is 1. The number of pyridine rings is 1. The minimum atomic E-state index is -0.207. The molecule has 2 N–H and O–H groups in total. The van der Waals surface area contributed by atoms with E-state index in [2.05, 4.69) is 25.2 Å². The summed E-state index contributed by atoms with van der Waals surface area (Å²) in [5.41, 5.74) is 3.25. The molecule has 2 aliphatic heterocycles. The maximum atomic E-state index is 13.2. The summed E-state index contributed by atoms with van der Waals surface area (Å²) in [5.74, 6) is 1.47. The van der Waals surface area contributed by atoms with Gasteiger partial charge in [-0.1, -0.05) is 12.1 Å². The Kier molecular flexibility index (Phi) is 5.55. The highest BCUT2D eigenvalue weighted by atomic mass is 16.3. The number of nitrogens with zero attached hydrogens (tertiary/aromatic N) is 6. The number of aliphatic hydroxyl groups is 1. The van der Waals surface area contributed by atoms with Gasteiger partial charge in [0.2, 0.25) is 5.95 Å². The van der Waals surface area contributed by atoms with Crippen LogP contribution in [0.25, 0.3) is 0 Å². The highest BCUT2D eigenvalue weighted by Crippen LogP contribution is 2.38. The van der Waals surface area contributed by atoms with Gasteiger partial charge in [0.05, 0.1) is 35.4 Å². The van der Waals surface area contributed by atoms with Gasteiger partial charge in [0, 0.05) is 26.7 Å². The van der Waals surface area contributed by atoms with Gasteiger partial charge in [0.25, 0.3) is 5.91 Å². The molecule has 0 radical (unpaired) electrons. The smallest absolute Gasteiger partial charge is 0.261 e. The molecule has 1 fully saturated rings. The van der Waals surface area contributed by atoms with Crippen LogP contribution < -0.4 is 20.0 Å². The zero-order valence-corrected chi connectivity index (χ0v) is 18.8. The molecule has 1 aromatic carbocycles. The Morgan fingerprint density at radius 2 is 1.85 bits per heavy atom. The van der Waals surface area contributed by atoms with Crippen LogP contribution in [0.3, 0.4) is 0 Å². The first kappa shape index (κ1) is 21.1. The summed E-state index contributed by atoms with van der Waals surface area (Å²) in [6, 6.07) is 11.4. The molecule has 3 aromatic rings. The molecule has 170 valence electrons. The number of anilines is 6. The standard InChI is InChI=1S/C24H27N7O2/c1-3-31-22-20(29(2)19-7-5-4-6-18(19)23(31)33)15-26-24(28-22)27-21-9-8-16(14-25-21)30-12-10-17(32)11-13-30/h4-9,14-15,17,32H,3,10-13H2,1-2H3,(H,25,26,27,28). The molecular formula is C24H27N7O2.